The number of fused-ring (bicyclic) bond motifs is 2. The van der Waals surface area contributed by atoms with Crippen LogP contribution >= 0.6 is 0 Å². The molecule has 0 radical (unpaired) electrons. The van der Waals surface area contributed by atoms with E-state index in [9.17, 15) is 4.79 Å². The van der Waals surface area contributed by atoms with Gasteiger partial charge >= 0.3 is 0 Å². The minimum absolute atomic E-state index is 0.00555. The van der Waals surface area contributed by atoms with Crippen LogP contribution in [-0.2, 0) is 7.05 Å². The van der Waals surface area contributed by atoms with E-state index in [2.05, 4.69) is 10.6 Å². The molecular formula is C19H23N3O2. The van der Waals surface area contributed by atoms with Gasteiger partial charge in [0.15, 0.2) is 0 Å². The summed E-state index contributed by atoms with van der Waals surface area (Å²) < 4.78 is 7.24. The van der Waals surface area contributed by atoms with Gasteiger partial charge in [0.2, 0.25) is 0 Å². The number of ether oxygens (including phenoxy) is 1. The highest BCUT2D eigenvalue weighted by atomic mass is 16.5. The lowest BCUT2D eigenvalue weighted by atomic mass is 9.95. The minimum Gasteiger partial charge on any atom is -0.497 e. The maximum Gasteiger partial charge on any atom is 0.268 e. The molecule has 1 aromatic carbocycles. The van der Waals surface area contributed by atoms with E-state index in [0.29, 0.717) is 17.8 Å². The van der Waals surface area contributed by atoms with Crippen LogP contribution in [0.2, 0.25) is 0 Å². The Balaban J connectivity index is 1.54. The molecule has 0 spiro atoms. The summed E-state index contributed by atoms with van der Waals surface area (Å²) >= 11 is 0. The summed E-state index contributed by atoms with van der Waals surface area (Å²) in [5, 5.41) is 6.77. The highest BCUT2D eigenvalue weighted by Gasteiger charge is 2.39. The Labute approximate surface area is 142 Å². The second kappa shape index (κ2) is 5.98. The van der Waals surface area contributed by atoms with E-state index in [0.717, 1.165) is 29.8 Å². The topological polar surface area (TPSA) is 55.3 Å². The van der Waals surface area contributed by atoms with Crippen LogP contribution in [0.4, 0.5) is 0 Å². The summed E-state index contributed by atoms with van der Waals surface area (Å²) in [6.07, 6.45) is 3.45. The predicted molar refractivity (Wildman–Crippen MR) is 93.2 cm³/mol. The monoisotopic (exact) mass is 325 g/mol. The van der Waals surface area contributed by atoms with Gasteiger partial charge in [0.1, 0.15) is 11.4 Å². The molecule has 24 heavy (non-hydrogen) atoms. The quantitative estimate of drug-likeness (QED) is 0.907. The van der Waals surface area contributed by atoms with E-state index in [1.165, 1.54) is 6.42 Å². The van der Waals surface area contributed by atoms with Gasteiger partial charge in [-0.1, -0.05) is 12.1 Å². The molecule has 0 unspecified atom stereocenters. The molecule has 1 aromatic heterocycles. The van der Waals surface area contributed by atoms with Crippen LogP contribution in [-0.4, -0.2) is 35.7 Å². The van der Waals surface area contributed by atoms with Crippen molar-refractivity contribution in [3.63, 3.8) is 0 Å². The second-order valence-corrected chi connectivity index (χ2v) is 6.76. The zero-order chi connectivity index (χ0) is 16.7. The number of hydrogen-bond acceptors (Lipinski definition) is 3. The average Bonchev–Trinajstić information content (AvgIpc) is 3.30. The molecule has 0 aliphatic carbocycles. The molecule has 0 saturated carbocycles. The highest BCUT2D eigenvalue weighted by molar-refractivity contribution is 5.94. The van der Waals surface area contributed by atoms with Gasteiger partial charge < -0.3 is 19.9 Å². The molecular weight excluding hydrogens is 302 g/mol. The third kappa shape index (κ3) is 2.59. The fraction of sp³-hybridized carbons (Fsp3) is 0.421. The lowest BCUT2D eigenvalue weighted by Gasteiger charge is -2.21. The number of nitrogens with zero attached hydrogens (tertiary/aromatic N) is 1. The van der Waals surface area contributed by atoms with E-state index in [1.54, 1.807) is 7.11 Å². The predicted octanol–water partition coefficient (Wildman–Crippen LogP) is 2.32. The average molecular weight is 325 g/mol. The molecule has 2 N–H and O–H groups in total. The molecule has 2 saturated heterocycles. The Morgan fingerprint density at radius 3 is 2.88 bits per heavy atom. The Hall–Kier alpha value is -2.27. The molecule has 5 heteroatoms. The number of amides is 1. The van der Waals surface area contributed by atoms with Crippen LogP contribution < -0.4 is 15.4 Å². The van der Waals surface area contributed by atoms with Gasteiger partial charge in [0, 0.05) is 36.4 Å². The maximum absolute atomic E-state index is 12.7. The smallest absolute Gasteiger partial charge is 0.268 e. The molecule has 1 amide bonds. The van der Waals surface area contributed by atoms with Crippen molar-refractivity contribution in [1.82, 2.24) is 15.2 Å². The van der Waals surface area contributed by atoms with Gasteiger partial charge in [-0.25, -0.2) is 0 Å². The second-order valence-electron chi connectivity index (χ2n) is 6.76. The molecule has 2 aliphatic rings. The molecule has 3 heterocycles. The van der Waals surface area contributed by atoms with E-state index in [4.69, 9.17) is 4.74 Å². The first-order chi connectivity index (χ1) is 11.7. The van der Waals surface area contributed by atoms with E-state index in [1.807, 2.05) is 48.0 Å². The van der Waals surface area contributed by atoms with Crippen LogP contribution in [0.1, 0.15) is 29.8 Å². The summed E-state index contributed by atoms with van der Waals surface area (Å²) in [5.41, 5.74) is 2.73. The van der Waals surface area contributed by atoms with Crippen LogP contribution in [0.25, 0.3) is 11.3 Å². The summed E-state index contributed by atoms with van der Waals surface area (Å²) in [6.45, 7) is 0. The third-order valence-corrected chi connectivity index (χ3v) is 5.34. The van der Waals surface area contributed by atoms with Crippen LogP contribution in [0.5, 0.6) is 5.75 Å². The first-order valence-electron chi connectivity index (χ1n) is 8.53. The van der Waals surface area contributed by atoms with Crippen molar-refractivity contribution < 1.29 is 9.53 Å². The molecule has 2 bridgehead atoms. The highest BCUT2D eigenvalue weighted by Crippen LogP contribution is 2.29. The fourth-order valence-electron chi connectivity index (χ4n) is 4.04. The first-order valence-corrected chi connectivity index (χ1v) is 8.53. The normalized spacial score (nSPS) is 25.0. The summed E-state index contributed by atoms with van der Waals surface area (Å²) in [7, 11) is 3.59. The van der Waals surface area contributed by atoms with Crippen molar-refractivity contribution in [2.45, 2.75) is 37.4 Å². The molecule has 2 fully saturated rings. The SMILES string of the molecule is COc1cccc(-c2ccc(C(=O)N[C@@H]3C[C@H]4CC[C@@H]3N4)n2C)c1. The Morgan fingerprint density at radius 2 is 2.17 bits per heavy atom. The molecule has 2 aliphatic heterocycles. The van der Waals surface area contributed by atoms with Crippen LogP contribution in [0, 0.1) is 0 Å². The molecule has 4 rings (SSSR count). The van der Waals surface area contributed by atoms with E-state index < -0.39 is 0 Å². The number of carbonyl (C=O) groups is 1. The molecule has 3 atom stereocenters. The Bertz CT molecular complexity index is 768. The summed E-state index contributed by atoms with van der Waals surface area (Å²) in [5.74, 6) is 0.818. The fourth-order valence-corrected chi connectivity index (χ4v) is 4.04. The summed E-state index contributed by atoms with van der Waals surface area (Å²) in [6, 6.07) is 13.1. The maximum atomic E-state index is 12.7. The number of rotatable bonds is 4. The lowest BCUT2D eigenvalue weighted by Crippen LogP contribution is -2.43. The van der Waals surface area contributed by atoms with Crippen molar-refractivity contribution in [2.75, 3.05) is 7.11 Å². The Kier molecular flexibility index (Phi) is 3.81. The number of nitrogens with one attached hydrogen (secondary N) is 2. The lowest BCUT2D eigenvalue weighted by molar-refractivity contribution is 0.0923. The van der Waals surface area contributed by atoms with Gasteiger partial charge in [-0.15, -0.1) is 0 Å². The van der Waals surface area contributed by atoms with Crippen molar-refractivity contribution in [3.05, 3.63) is 42.1 Å². The molecule has 126 valence electrons. The van der Waals surface area contributed by atoms with Crippen LogP contribution in [0.15, 0.2) is 36.4 Å². The van der Waals surface area contributed by atoms with Crippen molar-refractivity contribution in [1.29, 1.82) is 0 Å². The standard InChI is InChI=1S/C19H23N3O2/c1-22-17(12-4-3-5-14(10-12)24-2)8-9-18(22)19(23)21-16-11-13-6-7-15(16)20-13/h3-5,8-10,13,15-16,20H,6-7,11H2,1-2H3,(H,21,23)/t13-,15+,16-/m1/s1. The van der Waals surface area contributed by atoms with Gasteiger partial charge in [-0.2, -0.15) is 0 Å². The summed E-state index contributed by atoms with van der Waals surface area (Å²) in [4.78, 5) is 12.7. The first kappa shape index (κ1) is 15.3. The van der Waals surface area contributed by atoms with E-state index in [-0.39, 0.29) is 11.9 Å². The zero-order valence-corrected chi connectivity index (χ0v) is 14.1. The third-order valence-electron chi connectivity index (χ3n) is 5.34. The number of hydrogen-bond donors (Lipinski definition) is 2. The number of methoxy groups -OCH3 is 1. The molecule has 5 nitrogen and oxygen atoms in total. The Morgan fingerprint density at radius 1 is 1.29 bits per heavy atom. The minimum atomic E-state index is 0.00555. The van der Waals surface area contributed by atoms with Crippen molar-refractivity contribution >= 4 is 5.91 Å². The largest absolute Gasteiger partial charge is 0.497 e. The van der Waals surface area contributed by atoms with Gasteiger partial charge in [-0.05, 0) is 43.5 Å². The number of benzene rings is 1. The molecule has 2 aromatic rings. The van der Waals surface area contributed by atoms with Gasteiger partial charge in [0.25, 0.3) is 5.91 Å². The number of aromatic nitrogens is 1. The van der Waals surface area contributed by atoms with Crippen molar-refractivity contribution in [3.8, 4) is 17.0 Å². The van der Waals surface area contributed by atoms with E-state index >= 15 is 0 Å². The zero-order valence-electron chi connectivity index (χ0n) is 14.1. The van der Waals surface area contributed by atoms with Gasteiger partial charge in [-0.3, -0.25) is 4.79 Å². The van der Waals surface area contributed by atoms with Crippen molar-refractivity contribution in [2.24, 2.45) is 7.05 Å². The van der Waals surface area contributed by atoms with Gasteiger partial charge in [0.05, 0.1) is 7.11 Å². The van der Waals surface area contributed by atoms with Crippen LogP contribution in [0.3, 0.4) is 0 Å². The number of carbonyl (C=O) groups excluding carboxylic acids is 1.